The van der Waals surface area contributed by atoms with Gasteiger partial charge in [0.05, 0.1) is 7.11 Å². The van der Waals surface area contributed by atoms with E-state index < -0.39 is 12.0 Å². The Labute approximate surface area is 167 Å². The van der Waals surface area contributed by atoms with E-state index >= 15 is 0 Å². The molecule has 0 saturated heterocycles. The summed E-state index contributed by atoms with van der Waals surface area (Å²) in [6, 6.07) is 9.02. The van der Waals surface area contributed by atoms with E-state index in [2.05, 4.69) is 10.6 Å². The summed E-state index contributed by atoms with van der Waals surface area (Å²) in [6.45, 7) is 1.88. The number of ether oxygens (including phenoxy) is 1. The Bertz CT molecular complexity index is 641. The fraction of sp³-hybridized carbons (Fsp3) is 0.591. The number of hydrogen-bond acceptors (Lipinski definition) is 4. The lowest BCUT2D eigenvalue weighted by Gasteiger charge is -2.23. The SMILES string of the molecule is COC(=O)[C@@H](Cc1ccccc1)NC(=O)C[C@H](C)CC(=O)NC1CCCCC1. The van der Waals surface area contributed by atoms with Crippen LogP contribution in [0, 0.1) is 5.92 Å². The van der Waals surface area contributed by atoms with Crippen molar-refractivity contribution in [2.75, 3.05) is 7.11 Å². The van der Waals surface area contributed by atoms with Crippen molar-refractivity contribution < 1.29 is 19.1 Å². The van der Waals surface area contributed by atoms with Crippen LogP contribution in [0.1, 0.15) is 57.4 Å². The van der Waals surface area contributed by atoms with Gasteiger partial charge in [-0.05, 0) is 24.3 Å². The molecule has 0 bridgehead atoms. The van der Waals surface area contributed by atoms with E-state index in [1.165, 1.54) is 26.4 Å². The predicted molar refractivity (Wildman–Crippen MR) is 108 cm³/mol. The third kappa shape index (κ3) is 7.71. The van der Waals surface area contributed by atoms with Gasteiger partial charge in [0.1, 0.15) is 6.04 Å². The minimum Gasteiger partial charge on any atom is -0.467 e. The third-order valence-electron chi connectivity index (χ3n) is 5.14. The Morgan fingerprint density at radius 1 is 1.04 bits per heavy atom. The van der Waals surface area contributed by atoms with Gasteiger partial charge in [0.15, 0.2) is 0 Å². The molecule has 2 N–H and O–H groups in total. The van der Waals surface area contributed by atoms with Crippen LogP contribution in [-0.2, 0) is 25.5 Å². The van der Waals surface area contributed by atoms with Gasteiger partial charge in [-0.25, -0.2) is 4.79 Å². The smallest absolute Gasteiger partial charge is 0.328 e. The Morgan fingerprint density at radius 2 is 1.68 bits per heavy atom. The number of esters is 1. The van der Waals surface area contributed by atoms with Gasteiger partial charge in [-0.1, -0.05) is 56.5 Å². The highest BCUT2D eigenvalue weighted by molar-refractivity contribution is 5.85. The first kappa shape index (κ1) is 21.9. The molecule has 154 valence electrons. The van der Waals surface area contributed by atoms with E-state index in [4.69, 9.17) is 4.74 Å². The second-order valence-corrected chi connectivity index (χ2v) is 7.75. The van der Waals surface area contributed by atoms with Crippen LogP contribution in [-0.4, -0.2) is 37.0 Å². The lowest BCUT2D eigenvalue weighted by Crippen LogP contribution is -2.43. The van der Waals surface area contributed by atoms with Crippen molar-refractivity contribution in [3.8, 4) is 0 Å². The van der Waals surface area contributed by atoms with Crippen molar-refractivity contribution in [1.82, 2.24) is 10.6 Å². The van der Waals surface area contributed by atoms with Gasteiger partial charge < -0.3 is 15.4 Å². The molecule has 1 aliphatic carbocycles. The molecule has 28 heavy (non-hydrogen) atoms. The monoisotopic (exact) mass is 388 g/mol. The van der Waals surface area contributed by atoms with Crippen molar-refractivity contribution in [3.05, 3.63) is 35.9 Å². The molecule has 0 aliphatic heterocycles. The van der Waals surface area contributed by atoms with E-state index in [0.29, 0.717) is 12.8 Å². The van der Waals surface area contributed by atoms with Crippen LogP contribution in [0.15, 0.2) is 30.3 Å². The van der Waals surface area contributed by atoms with Gasteiger partial charge in [0.25, 0.3) is 0 Å². The average Bonchev–Trinajstić information content (AvgIpc) is 2.68. The first-order valence-electron chi connectivity index (χ1n) is 10.2. The summed E-state index contributed by atoms with van der Waals surface area (Å²) in [7, 11) is 1.31. The highest BCUT2D eigenvalue weighted by atomic mass is 16.5. The van der Waals surface area contributed by atoms with E-state index in [9.17, 15) is 14.4 Å². The zero-order valence-corrected chi connectivity index (χ0v) is 16.9. The molecular weight excluding hydrogens is 356 g/mol. The summed E-state index contributed by atoms with van der Waals surface area (Å²) in [6.07, 6.45) is 6.54. The summed E-state index contributed by atoms with van der Waals surface area (Å²) in [5, 5.41) is 5.84. The first-order chi connectivity index (χ1) is 13.5. The minimum atomic E-state index is -0.733. The number of methoxy groups -OCH3 is 1. The Morgan fingerprint density at radius 3 is 2.32 bits per heavy atom. The molecule has 0 heterocycles. The normalized spacial score (nSPS) is 16.6. The molecule has 1 fully saturated rings. The van der Waals surface area contributed by atoms with E-state index in [1.807, 2.05) is 37.3 Å². The Balaban J connectivity index is 1.80. The molecular formula is C22H32N2O4. The fourth-order valence-electron chi connectivity index (χ4n) is 3.68. The third-order valence-corrected chi connectivity index (χ3v) is 5.14. The van der Waals surface area contributed by atoms with Gasteiger partial charge in [0, 0.05) is 25.3 Å². The number of amides is 2. The maximum absolute atomic E-state index is 12.4. The summed E-state index contributed by atoms with van der Waals surface area (Å²) in [5.74, 6) is -0.816. The first-order valence-corrected chi connectivity index (χ1v) is 10.2. The molecule has 2 amide bonds. The van der Waals surface area contributed by atoms with Crippen LogP contribution in [0.2, 0.25) is 0 Å². The topological polar surface area (TPSA) is 84.5 Å². The lowest BCUT2D eigenvalue weighted by molar-refractivity contribution is -0.145. The molecule has 2 rings (SSSR count). The number of carbonyl (C=O) groups is 3. The number of nitrogens with one attached hydrogen (secondary N) is 2. The van der Waals surface area contributed by atoms with Crippen LogP contribution in [0.3, 0.4) is 0 Å². The average molecular weight is 389 g/mol. The maximum atomic E-state index is 12.4. The molecule has 1 aromatic rings. The molecule has 6 nitrogen and oxygen atoms in total. The van der Waals surface area contributed by atoms with Gasteiger partial charge >= 0.3 is 5.97 Å². The van der Waals surface area contributed by atoms with Crippen molar-refractivity contribution in [3.63, 3.8) is 0 Å². The zero-order valence-electron chi connectivity index (χ0n) is 16.9. The molecule has 1 aromatic carbocycles. The molecule has 2 atom stereocenters. The van der Waals surface area contributed by atoms with Crippen LogP contribution in [0.25, 0.3) is 0 Å². The summed E-state index contributed by atoms with van der Waals surface area (Å²) >= 11 is 0. The summed E-state index contributed by atoms with van der Waals surface area (Å²) in [4.78, 5) is 36.6. The van der Waals surface area contributed by atoms with Gasteiger partial charge in [-0.3, -0.25) is 9.59 Å². The molecule has 0 radical (unpaired) electrons. The number of hydrogen-bond donors (Lipinski definition) is 2. The van der Waals surface area contributed by atoms with E-state index in [1.54, 1.807) is 0 Å². The maximum Gasteiger partial charge on any atom is 0.328 e. The second-order valence-electron chi connectivity index (χ2n) is 7.75. The fourth-order valence-corrected chi connectivity index (χ4v) is 3.68. The second kappa shape index (κ2) is 11.5. The molecule has 1 saturated carbocycles. The van der Waals surface area contributed by atoms with Crippen molar-refractivity contribution in [1.29, 1.82) is 0 Å². The zero-order chi connectivity index (χ0) is 20.4. The van der Waals surface area contributed by atoms with Crippen LogP contribution >= 0.6 is 0 Å². The Kier molecular flexibility index (Phi) is 8.98. The van der Waals surface area contributed by atoms with Gasteiger partial charge in [-0.15, -0.1) is 0 Å². The van der Waals surface area contributed by atoms with Crippen molar-refractivity contribution in [2.24, 2.45) is 5.92 Å². The molecule has 6 heteroatoms. The summed E-state index contributed by atoms with van der Waals surface area (Å²) < 4.78 is 4.82. The van der Waals surface area contributed by atoms with Crippen LogP contribution in [0.5, 0.6) is 0 Å². The van der Waals surface area contributed by atoms with Crippen LogP contribution in [0.4, 0.5) is 0 Å². The standard InChI is InChI=1S/C22H32N2O4/c1-16(13-20(25)23-18-11-7-4-8-12-18)14-21(26)24-19(22(27)28-2)15-17-9-5-3-6-10-17/h3,5-6,9-10,16,18-19H,4,7-8,11-15H2,1-2H3,(H,23,25)(H,24,26)/t16-,19-/m1/s1. The molecule has 0 spiro atoms. The van der Waals surface area contributed by atoms with E-state index in [0.717, 1.165) is 18.4 Å². The van der Waals surface area contributed by atoms with Crippen LogP contribution < -0.4 is 10.6 Å². The summed E-state index contributed by atoms with van der Waals surface area (Å²) in [5.41, 5.74) is 0.943. The van der Waals surface area contributed by atoms with Gasteiger partial charge in [-0.2, -0.15) is 0 Å². The Hall–Kier alpha value is -2.37. The largest absolute Gasteiger partial charge is 0.467 e. The highest BCUT2D eigenvalue weighted by Crippen LogP contribution is 2.18. The van der Waals surface area contributed by atoms with Crippen molar-refractivity contribution in [2.45, 2.75) is 70.4 Å². The highest BCUT2D eigenvalue weighted by Gasteiger charge is 2.24. The quantitative estimate of drug-likeness (QED) is 0.637. The number of benzene rings is 1. The predicted octanol–water partition coefficient (Wildman–Crippen LogP) is 2.75. The lowest BCUT2D eigenvalue weighted by atomic mass is 9.95. The van der Waals surface area contributed by atoms with Gasteiger partial charge in [0.2, 0.25) is 11.8 Å². The number of rotatable bonds is 9. The molecule has 1 aliphatic rings. The minimum absolute atomic E-state index is 0.000929. The van der Waals surface area contributed by atoms with Crippen molar-refractivity contribution >= 4 is 17.8 Å². The molecule has 0 unspecified atom stereocenters. The number of carbonyl (C=O) groups excluding carboxylic acids is 3. The van der Waals surface area contributed by atoms with E-state index in [-0.39, 0.29) is 30.2 Å². The molecule has 0 aromatic heterocycles.